The number of nitrogens with two attached hydrogens (primary N) is 1. The molecule has 8 heteroatoms. The number of carbonyl (C=O) groups is 2. The van der Waals surface area contributed by atoms with Crippen LogP contribution in [0.4, 0.5) is 0 Å². The number of aromatic nitrogens is 2. The minimum absolute atomic E-state index is 0.00758. The van der Waals surface area contributed by atoms with E-state index < -0.39 is 5.97 Å². The monoisotopic (exact) mass is 336 g/mol. The summed E-state index contributed by atoms with van der Waals surface area (Å²) in [5.41, 5.74) is 7.97. The number of aromatic amines is 1. The summed E-state index contributed by atoms with van der Waals surface area (Å²) in [4.78, 5) is 26.5. The van der Waals surface area contributed by atoms with Crippen molar-refractivity contribution in [1.82, 2.24) is 15.1 Å². The van der Waals surface area contributed by atoms with Crippen LogP contribution in [0, 0.1) is 5.92 Å². The highest BCUT2D eigenvalue weighted by molar-refractivity contribution is 5.89. The van der Waals surface area contributed by atoms with Gasteiger partial charge in [-0.05, 0) is 19.3 Å². The van der Waals surface area contributed by atoms with Gasteiger partial charge in [-0.25, -0.2) is 4.79 Å². The van der Waals surface area contributed by atoms with E-state index in [1.54, 1.807) is 12.0 Å². The Kier molecular flexibility index (Phi) is 4.86. The van der Waals surface area contributed by atoms with Crippen LogP contribution in [-0.2, 0) is 27.2 Å². The van der Waals surface area contributed by atoms with Crippen molar-refractivity contribution in [3.63, 3.8) is 0 Å². The zero-order chi connectivity index (χ0) is 17.3. The predicted molar refractivity (Wildman–Crippen MR) is 85.2 cm³/mol. The first kappa shape index (κ1) is 16.9. The smallest absolute Gasteiger partial charge is 0.358 e. The van der Waals surface area contributed by atoms with Crippen molar-refractivity contribution in [2.75, 3.05) is 20.8 Å². The molecule has 1 aliphatic heterocycles. The van der Waals surface area contributed by atoms with E-state index in [0.717, 1.165) is 24.1 Å². The molecule has 0 spiro atoms. The summed E-state index contributed by atoms with van der Waals surface area (Å²) in [7, 11) is 2.96. The lowest BCUT2D eigenvalue weighted by Gasteiger charge is -2.36. The summed E-state index contributed by atoms with van der Waals surface area (Å²) in [6, 6.07) is -0.00758. The Bertz CT molecular complexity index is 630. The van der Waals surface area contributed by atoms with Gasteiger partial charge in [0.25, 0.3) is 0 Å². The van der Waals surface area contributed by atoms with Crippen LogP contribution in [0.5, 0.6) is 0 Å². The number of H-pyrrole nitrogens is 1. The minimum Gasteiger partial charge on any atom is -0.464 e. The summed E-state index contributed by atoms with van der Waals surface area (Å²) in [5, 5.41) is 6.91. The molecule has 1 aromatic heterocycles. The molecule has 1 saturated carbocycles. The third-order valence-electron chi connectivity index (χ3n) is 5.12. The van der Waals surface area contributed by atoms with Crippen molar-refractivity contribution in [2.45, 2.75) is 44.4 Å². The van der Waals surface area contributed by atoms with Gasteiger partial charge in [-0.15, -0.1) is 0 Å². The Morgan fingerprint density at radius 3 is 2.83 bits per heavy atom. The normalized spacial score (nSPS) is 26.8. The maximum atomic E-state index is 12.9. The fraction of sp³-hybridized carbons (Fsp3) is 0.688. The van der Waals surface area contributed by atoms with Gasteiger partial charge in [0.05, 0.1) is 13.2 Å². The average Bonchev–Trinajstić information content (AvgIpc) is 3.04. The van der Waals surface area contributed by atoms with Crippen molar-refractivity contribution in [3.8, 4) is 0 Å². The van der Waals surface area contributed by atoms with Crippen LogP contribution in [-0.4, -0.2) is 59.9 Å². The molecule has 2 heterocycles. The highest BCUT2D eigenvalue weighted by atomic mass is 16.5. The van der Waals surface area contributed by atoms with Crippen molar-refractivity contribution in [1.29, 1.82) is 0 Å². The van der Waals surface area contributed by atoms with Gasteiger partial charge < -0.3 is 20.1 Å². The number of nitrogens with zero attached hydrogens (tertiary/aromatic N) is 2. The highest BCUT2D eigenvalue weighted by Gasteiger charge is 2.36. The minimum atomic E-state index is -0.482. The van der Waals surface area contributed by atoms with E-state index in [1.807, 2.05) is 0 Å². The SMILES string of the molecule is COC(=O)c1n[nH]c2c1CN(C(=O)[C@H]1CC[C@H](N)[C@@H](OC)C1)CC2. The molecule has 0 radical (unpaired) electrons. The molecule has 3 rings (SSSR count). The lowest BCUT2D eigenvalue weighted by molar-refractivity contribution is -0.139. The molecule has 3 atom stereocenters. The highest BCUT2D eigenvalue weighted by Crippen LogP contribution is 2.29. The molecule has 0 aromatic carbocycles. The topological polar surface area (TPSA) is 111 Å². The molecular weight excluding hydrogens is 312 g/mol. The molecule has 1 amide bonds. The van der Waals surface area contributed by atoms with Crippen LogP contribution in [0.15, 0.2) is 0 Å². The van der Waals surface area contributed by atoms with Crippen LogP contribution >= 0.6 is 0 Å². The number of carbonyl (C=O) groups excluding carboxylic acids is 2. The maximum absolute atomic E-state index is 12.9. The lowest BCUT2D eigenvalue weighted by Crippen LogP contribution is -2.47. The number of esters is 1. The zero-order valence-electron chi connectivity index (χ0n) is 14.1. The molecule has 24 heavy (non-hydrogen) atoms. The van der Waals surface area contributed by atoms with E-state index >= 15 is 0 Å². The number of methoxy groups -OCH3 is 2. The van der Waals surface area contributed by atoms with E-state index in [0.29, 0.717) is 25.9 Å². The largest absolute Gasteiger partial charge is 0.464 e. The molecule has 132 valence electrons. The van der Waals surface area contributed by atoms with Gasteiger partial charge >= 0.3 is 5.97 Å². The van der Waals surface area contributed by atoms with E-state index in [-0.39, 0.29) is 29.7 Å². The molecule has 0 bridgehead atoms. The average molecular weight is 336 g/mol. The van der Waals surface area contributed by atoms with Crippen molar-refractivity contribution < 1.29 is 19.1 Å². The molecule has 8 nitrogen and oxygen atoms in total. The first-order chi connectivity index (χ1) is 11.5. The Hall–Kier alpha value is -1.93. The molecule has 3 N–H and O–H groups in total. The van der Waals surface area contributed by atoms with E-state index in [9.17, 15) is 9.59 Å². The second-order valence-electron chi connectivity index (χ2n) is 6.48. The number of ether oxygens (including phenoxy) is 2. The number of fused-ring (bicyclic) bond motifs is 1. The van der Waals surface area contributed by atoms with Crippen LogP contribution in [0.3, 0.4) is 0 Å². The second kappa shape index (κ2) is 6.90. The zero-order valence-corrected chi connectivity index (χ0v) is 14.1. The van der Waals surface area contributed by atoms with Crippen molar-refractivity contribution >= 4 is 11.9 Å². The number of amides is 1. The molecule has 1 fully saturated rings. The molecule has 0 unspecified atom stereocenters. The number of hydrogen-bond donors (Lipinski definition) is 2. The molecule has 2 aliphatic rings. The molecule has 1 aromatic rings. The quantitative estimate of drug-likeness (QED) is 0.764. The molecule has 0 saturated heterocycles. The van der Waals surface area contributed by atoms with E-state index in [4.69, 9.17) is 15.2 Å². The van der Waals surface area contributed by atoms with Gasteiger partial charge in [0.2, 0.25) is 5.91 Å². The summed E-state index contributed by atoms with van der Waals surface area (Å²) in [5.74, 6) is -0.457. The molecule has 1 aliphatic carbocycles. The Balaban J connectivity index is 1.72. The van der Waals surface area contributed by atoms with Gasteiger partial charge in [0, 0.05) is 49.8 Å². The van der Waals surface area contributed by atoms with Gasteiger partial charge in [-0.3, -0.25) is 9.89 Å². The number of hydrogen-bond acceptors (Lipinski definition) is 6. The Labute approximate surface area is 140 Å². The molecular formula is C16H24N4O4. The summed E-state index contributed by atoms with van der Waals surface area (Å²) in [6.45, 7) is 1.00. The summed E-state index contributed by atoms with van der Waals surface area (Å²) in [6.07, 6.45) is 2.79. The fourth-order valence-corrected chi connectivity index (χ4v) is 3.65. The maximum Gasteiger partial charge on any atom is 0.358 e. The predicted octanol–water partition coefficient (Wildman–Crippen LogP) is 0.223. The van der Waals surface area contributed by atoms with Crippen molar-refractivity contribution in [3.05, 3.63) is 17.0 Å². The van der Waals surface area contributed by atoms with Gasteiger partial charge in [-0.2, -0.15) is 5.10 Å². The number of rotatable bonds is 3. The Morgan fingerprint density at radius 2 is 2.12 bits per heavy atom. The van der Waals surface area contributed by atoms with Crippen LogP contribution in [0.1, 0.15) is 41.0 Å². The third-order valence-corrected chi connectivity index (χ3v) is 5.12. The first-order valence-corrected chi connectivity index (χ1v) is 8.26. The van der Waals surface area contributed by atoms with E-state index in [1.165, 1.54) is 7.11 Å². The van der Waals surface area contributed by atoms with Crippen LogP contribution in [0.25, 0.3) is 0 Å². The Morgan fingerprint density at radius 1 is 1.33 bits per heavy atom. The van der Waals surface area contributed by atoms with Gasteiger partial charge in [-0.1, -0.05) is 0 Å². The van der Waals surface area contributed by atoms with Gasteiger partial charge in [0.1, 0.15) is 0 Å². The summed E-state index contributed by atoms with van der Waals surface area (Å²) < 4.78 is 10.2. The second-order valence-corrected chi connectivity index (χ2v) is 6.48. The van der Waals surface area contributed by atoms with Crippen LogP contribution in [0.2, 0.25) is 0 Å². The van der Waals surface area contributed by atoms with Crippen molar-refractivity contribution in [2.24, 2.45) is 11.7 Å². The summed E-state index contributed by atoms with van der Waals surface area (Å²) >= 11 is 0. The van der Waals surface area contributed by atoms with Gasteiger partial charge in [0.15, 0.2) is 5.69 Å². The first-order valence-electron chi connectivity index (χ1n) is 8.26. The van der Waals surface area contributed by atoms with Crippen LogP contribution < -0.4 is 5.73 Å². The fourth-order valence-electron chi connectivity index (χ4n) is 3.65. The number of nitrogens with one attached hydrogen (secondary N) is 1. The third kappa shape index (κ3) is 3.03. The van der Waals surface area contributed by atoms with E-state index in [2.05, 4.69) is 10.2 Å². The lowest BCUT2D eigenvalue weighted by atomic mass is 9.83. The standard InChI is InChI=1S/C16H24N4O4/c1-23-13-7-9(3-4-11(13)17)15(21)20-6-5-12-10(8-20)14(19-18-12)16(22)24-2/h9,11,13H,3-8,17H2,1-2H3,(H,18,19)/t9-,11-,13-/m0/s1.